The number of hydrogen-bond acceptors (Lipinski definition) is 4. The van der Waals surface area contributed by atoms with Crippen molar-refractivity contribution in [3.05, 3.63) is 58.6 Å². The highest BCUT2D eigenvalue weighted by Gasteiger charge is 2.09. The number of hydrogen-bond donors (Lipinski definition) is 2. The monoisotopic (exact) mass is 387 g/mol. The smallest absolute Gasteiger partial charge is 0.225 e. The van der Waals surface area contributed by atoms with E-state index in [1.54, 1.807) is 13.0 Å². The second kappa shape index (κ2) is 8.29. The summed E-state index contributed by atoms with van der Waals surface area (Å²) in [6.07, 6.45) is 0.682. The predicted molar refractivity (Wildman–Crippen MR) is 106 cm³/mol. The van der Waals surface area contributed by atoms with Gasteiger partial charge >= 0.3 is 0 Å². The van der Waals surface area contributed by atoms with Crippen LogP contribution in [-0.4, -0.2) is 16.8 Å². The van der Waals surface area contributed by atoms with Crippen LogP contribution in [0.15, 0.2) is 42.5 Å². The van der Waals surface area contributed by atoms with E-state index in [0.717, 1.165) is 21.3 Å². The fourth-order valence-corrected chi connectivity index (χ4v) is 3.57. The maximum Gasteiger partial charge on any atom is 0.225 e. The third-order valence-electron chi connectivity index (χ3n) is 3.82. The Morgan fingerprint density at radius 2 is 1.96 bits per heavy atom. The topological polar surface area (TPSA) is 71.1 Å². The Bertz CT molecular complexity index is 955. The SMILES string of the molecule is CCC(=O)Nc1nc2ccc(CC(=O)NCc3ccccc3Cl)cc2s1. The molecule has 0 spiro atoms. The van der Waals surface area contributed by atoms with E-state index in [1.165, 1.54) is 11.3 Å². The second-order valence-corrected chi connectivity index (χ2v) is 7.21. The predicted octanol–water partition coefficient (Wildman–Crippen LogP) is 4.16. The molecular formula is C19H18ClN3O2S. The van der Waals surface area contributed by atoms with Crippen LogP contribution >= 0.6 is 22.9 Å². The van der Waals surface area contributed by atoms with Gasteiger partial charge in [-0.25, -0.2) is 4.98 Å². The fourth-order valence-electron chi connectivity index (χ4n) is 2.42. The van der Waals surface area contributed by atoms with Gasteiger partial charge in [-0.2, -0.15) is 0 Å². The van der Waals surface area contributed by atoms with Crippen molar-refractivity contribution in [2.75, 3.05) is 5.32 Å². The Kier molecular flexibility index (Phi) is 5.85. The standard InChI is InChI=1S/C19H18ClN3O2S/c1-2-17(24)23-19-22-15-8-7-12(9-16(15)26-19)10-18(25)21-11-13-5-3-4-6-14(13)20/h3-9H,2,10-11H2,1H3,(H,21,25)(H,22,23,24). The summed E-state index contributed by atoms with van der Waals surface area (Å²) in [4.78, 5) is 28.1. The molecule has 2 N–H and O–H groups in total. The first-order valence-electron chi connectivity index (χ1n) is 8.24. The molecule has 0 unspecified atom stereocenters. The van der Waals surface area contributed by atoms with Gasteiger partial charge < -0.3 is 10.6 Å². The molecule has 0 aliphatic carbocycles. The molecule has 1 aromatic heterocycles. The summed E-state index contributed by atoms with van der Waals surface area (Å²) in [6, 6.07) is 13.1. The molecule has 0 saturated carbocycles. The summed E-state index contributed by atoms with van der Waals surface area (Å²) in [7, 11) is 0. The van der Waals surface area contributed by atoms with Crippen LogP contribution in [0.2, 0.25) is 5.02 Å². The summed E-state index contributed by atoms with van der Waals surface area (Å²) in [5.74, 6) is -0.142. The first-order valence-corrected chi connectivity index (χ1v) is 9.44. The minimum Gasteiger partial charge on any atom is -0.352 e. The molecular weight excluding hydrogens is 370 g/mol. The van der Waals surface area contributed by atoms with Gasteiger partial charge in [0.25, 0.3) is 0 Å². The van der Waals surface area contributed by atoms with E-state index in [1.807, 2.05) is 36.4 Å². The Hall–Kier alpha value is -2.44. The number of amides is 2. The zero-order valence-electron chi connectivity index (χ0n) is 14.2. The highest BCUT2D eigenvalue weighted by molar-refractivity contribution is 7.22. The zero-order valence-corrected chi connectivity index (χ0v) is 15.8. The lowest BCUT2D eigenvalue weighted by molar-refractivity contribution is -0.120. The molecule has 7 heteroatoms. The van der Waals surface area contributed by atoms with Crippen LogP contribution in [0.4, 0.5) is 5.13 Å². The van der Waals surface area contributed by atoms with Crippen molar-refractivity contribution in [1.82, 2.24) is 10.3 Å². The highest BCUT2D eigenvalue weighted by Crippen LogP contribution is 2.27. The summed E-state index contributed by atoms with van der Waals surface area (Å²) < 4.78 is 0.938. The van der Waals surface area contributed by atoms with Crippen LogP contribution in [-0.2, 0) is 22.6 Å². The van der Waals surface area contributed by atoms with Crippen LogP contribution in [0, 0.1) is 0 Å². The summed E-state index contributed by atoms with van der Waals surface area (Å²) in [5, 5.41) is 6.86. The fraction of sp³-hybridized carbons (Fsp3) is 0.211. The molecule has 1 heterocycles. The lowest BCUT2D eigenvalue weighted by Gasteiger charge is -2.07. The molecule has 0 bridgehead atoms. The van der Waals surface area contributed by atoms with Gasteiger partial charge in [0.2, 0.25) is 11.8 Å². The van der Waals surface area contributed by atoms with Gasteiger partial charge in [-0.15, -0.1) is 0 Å². The maximum absolute atomic E-state index is 12.2. The van der Waals surface area contributed by atoms with E-state index in [-0.39, 0.29) is 18.2 Å². The van der Waals surface area contributed by atoms with E-state index in [9.17, 15) is 9.59 Å². The molecule has 3 aromatic rings. The number of halogens is 1. The number of anilines is 1. The van der Waals surface area contributed by atoms with Crippen molar-refractivity contribution in [3.63, 3.8) is 0 Å². The maximum atomic E-state index is 12.2. The minimum absolute atomic E-state index is 0.0665. The first kappa shape index (κ1) is 18.4. The highest BCUT2D eigenvalue weighted by atomic mass is 35.5. The number of nitrogens with one attached hydrogen (secondary N) is 2. The van der Waals surface area contributed by atoms with E-state index >= 15 is 0 Å². The van der Waals surface area contributed by atoms with E-state index in [4.69, 9.17) is 11.6 Å². The Morgan fingerprint density at radius 1 is 1.15 bits per heavy atom. The van der Waals surface area contributed by atoms with Gasteiger partial charge in [0.1, 0.15) is 0 Å². The summed E-state index contributed by atoms with van der Waals surface area (Å²) in [5.41, 5.74) is 2.59. The molecule has 3 rings (SSSR count). The van der Waals surface area contributed by atoms with Crippen LogP contribution in [0.25, 0.3) is 10.2 Å². The second-order valence-electron chi connectivity index (χ2n) is 5.77. The molecule has 5 nitrogen and oxygen atoms in total. The third-order valence-corrected chi connectivity index (χ3v) is 5.12. The van der Waals surface area contributed by atoms with Crippen molar-refractivity contribution in [3.8, 4) is 0 Å². The lowest BCUT2D eigenvalue weighted by atomic mass is 10.1. The number of benzene rings is 2. The molecule has 0 fully saturated rings. The van der Waals surface area contributed by atoms with Gasteiger partial charge in [0, 0.05) is 18.0 Å². The Morgan fingerprint density at radius 3 is 2.73 bits per heavy atom. The molecule has 0 aliphatic heterocycles. The molecule has 0 saturated heterocycles. The number of nitrogens with zero attached hydrogens (tertiary/aromatic N) is 1. The molecule has 0 aliphatic rings. The normalized spacial score (nSPS) is 10.7. The van der Waals surface area contributed by atoms with Crippen LogP contribution in [0.3, 0.4) is 0 Å². The number of rotatable bonds is 6. The number of thiazole rings is 1. The molecule has 2 amide bonds. The van der Waals surface area contributed by atoms with Crippen molar-refractivity contribution in [2.45, 2.75) is 26.3 Å². The van der Waals surface area contributed by atoms with Crippen molar-refractivity contribution in [1.29, 1.82) is 0 Å². The lowest BCUT2D eigenvalue weighted by Crippen LogP contribution is -2.24. The van der Waals surface area contributed by atoms with Gasteiger partial charge in [-0.3, -0.25) is 9.59 Å². The van der Waals surface area contributed by atoms with Crippen molar-refractivity contribution >= 4 is 50.1 Å². The average molecular weight is 388 g/mol. The summed E-state index contributed by atoms with van der Waals surface area (Å²) in [6.45, 7) is 2.19. The van der Waals surface area contributed by atoms with E-state index in [0.29, 0.717) is 23.1 Å². The van der Waals surface area contributed by atoms with Gasteiger partial charge in [0.05, 0.1) is 16.6 Å². The largest absolute Gasteiger partial charge is 0.352 e. The van der Waals surface area contributed by atoms with Crippen LogP contribution < -0.4 is 10.6 Å². The quantitative estimate of drug-likeness (QED) is 0.667. The average Bonchev–Trinajstić information content (AvgIpc) is 3.02. The van der Waals surface area contributed by atoms with E-state index in [2.05, 4.69) is 15.6 Å². The van der Waals surface area contributed by atoms with Crippen LogP contribution in [0.1, 0.15) is 24.5 Å². The third kappa shape index (κ3) is 4.59. The van der Waals surface area contributed by atoms with Crippen molar-refractivity contribution in [2.24, 2.45) is 0 Å². The first-order chi connectivity index (χ1) is 12.5. The number of carbonyl (C=O) groups is 2. The van der Waals surface area contributed by atoms with Crippen LogP contribution in [0.5, 0.6) is 0 Å². The number of aromatic nitrogens is 1. The molecule has 26 heavy (non-hydrogen) atoms. The molecule has 0 radical (unpaired) electrons. The Labute approximate surface area is 160 Å². The molecule has 0 atom stereocenters. The summed E-state index contributed by atoms with van der Waals surface area (Å²) >= 11 is 7.50. The minimum atomic E-state index is -0.0757. The molecule has 2 aromatic carbocycles. The van der Waals surface area contributed by atoms with Gasteiger partial charge in [-0.1, -0.05) is 54.1 Å². The molecule has 134 valence electrons. The van der Waals surface area contributed by atoms with Crippen molar-refractivity contribution < 1.29 is 9.59 Å². The number of carbonyl (C=O) groups excluding carboxylic acids is 2. The number of fused-ring (bicyclic) bond motifs is 1. The zero-order chi connectivity index (χ0) is 18.5. The van der Waals surface area contributed by atoms with E-state index < -0.39 is 0 Å². The van der Waals surface area contributed by atoms with Gasteiger partial charge in [0.15, 0.2) is 5.13 Å². The Balaban J connectivity index is 1.63. The van der Waals surface area contributed by atoms with Gasteiger partial charge in [-0.05, 0) is 29.3 Å².